The Labute approximate surface area is 150 Å². The number of hydrogen-bond donors (Lipinski definition) is 2. The summed E-state index contributed by atoms with van der Waals surface area (Å²) in [5.41, 5.74) is 6.37. The van der Waals surface area contributed by atoms with Crippen LogP contribution < -0.4 is 5.73 Å². The number of benzene rings is 1. The lowest BCUT2D eigenvalue weighted by molar-refractivity contribution is 0.0995. The Kier molecular flexibility index (Phi) is 5.67. The van der Waals surface area contributed by atoms with Gasteiger partial charge in [-0.2, -0.15) is 0 Å². The van der Waals surface area contributed by atoms with Crippen LogP contribution in [0, 0.1) is 0 Å². The highest BCUT2D eigenvalue weighted by molar-refractivity contribution is 7.99. The molecule has 0 radical (unpaired) electrons. The van der Waals surface area contributed by atoms with Crippen LogP contribution in [-0.2, 0) is 6.54 Å². The van der Waals surface area contributed by atoms with E-state index in [0.29, 0.717) is 13.0 Å². The van der Waals surface area contributed by atoms with Crippen LogP contribution in [-0.4, -0.2) is 37.4 Å². The normalized spacial score (nSPS) is 12.4. The van der Waals surface area contributed by atoms with E-state index in [1.165, 1.54) is 6.33 Å². The molecule has 0 fully saturated rings. The summed E-state index contributed by atoms with van der Waals surface area (Å²) in [5.74, 6) is 0.325. The molecular formula is C18H20N4O2S. The minimum atomic E-state index is -0.562. The molecule has 1 amide bonds. The van der Waals surface area contributed by atoms with Crippen molar-refractivity contribution in [3.63, 3.8) is 0 Å². The molecule has 0 aliphatic heterocycles. The number of carbonyl (C=O) groups is 1. The van der Waals surface area contributed by atoms with Gasteiger partial charge in [-0.3, -0.25) is 4.79 Å². The number of nitrogens with zero attached hydrogens (tertiary/aromatic N) is 3. The topological polar surface area (TPSA) is 94.0 Å². The summed E-state index contributed by atoms with van der Waals surface area (Å²) in [7, 11) is 0. The van der Waals surface area contributed by atoms with Crippen molar-refractivity contribution < 1.29 is 9.90 Å². The molecule has 1 atom stereocenters. The second-order valence-electron chi connectivity index (χ2n) is 5.81. The van der Waals surface area contributed by atoms with Crippen molar-refractivity contribution in [2.45, 2.75) is 30.5 Å². The van der Waals surface area contributed by atoms with E-state index in [0.717, 1.165) is 28.1 Å². The Morgan fingerprint density at radius 3 is 2.92 bits per heavy atom. The second kappa shape index (κ2) is 8.13. The summed E-state index contributed by atoms with van der Waals surface area (Å²) >= 11 is 1.69. The molecular weight excluding hydrogens is 336 g/mol. The standard InChI is InChI=1S/C18H20N4O2S/c19-18(24)16-11-22(12-20-16)10-14(23)5-3-9-25-17-8-7-13-4-1-2-6-15(13)21-17/h1-2,4,6-8,11-12,14,23H,3,5,9-10H2,(H2,19,24)/t14-/m0/s1. The van der Waals surface area contributed by atoms with Crippen molar-refractivity contribution in [2.75, 3.05) is 5.75 Å². The molecule has 1 aromatic carbocycles. The molecule has 0 aliphatic rings. The molecule has 25 heavy (non-hydrogen) atoms. The number of thioether (sulfide) groups is 1. The van der Waals surface area contributed by atoms with Gasteiger partial charge in [-0.25, -0.2) is 9.97 Å². The zero-order valence-electron chi connectivity index (χ0n) is 13.7. The Morgan fingerprint density at radius 1 is 1.28 bits per heavy atom. The number of fused-ring (bicyclic) bond motifs is 1. The van der Waals surface area contributed by atoms with E-state index in [9.17, 15) is 9.90 Å². The fraction of sp³-hybridized carbons (Fsp3) is 0.278. The van der Waals surface area contributed by atoms with Crippen molar-refractivity contribution in [1.29, 1.82) is 0 Å². The van der Waals surface area contributed by atoms with Crippen LogP contribution >= 0.6 is 11.8 Å². The lowest BCUT2D eigenvalue weighted by Crippen LogP contribution is -2.15. The molecule has 3 rings (SSSR count). The molecule has 0 bridgehead atoms. The van der Waals surface area contributed by atoms with Crippen LogP contribution in [0.1, 0.15) is 23.3 Å². The highest BCUT2D eigenvalue weighted by atomic mass is 32.2. The number of para-hydroxylation sites is 1. The van der Waals surface area contributed by atoms with Crippen LogP contribution in [0.25, 0.3) is 10.9 Å². The molecule has 7 heteroatoms. The van der Waals surface area contributed by atoms with E-state index >= 15 is 0 Å². The number of aliphatic hydroxyl groups excluding tert-OH is 1. The predicted octanol–water partition coefficient (Wildman–Crippen LogP) is 2.46. The molecule has 3 N–H and O–H groups in total. The van der Waals surface area contributed by atoms with E-state index < -0.39 is 12.0 Å². The predicted molar refractivity (Wildman–Crippen MR) is 98.5 cm³/mol. The molecule has 3 aromatic rings. The average molecular weight is 356 g/mol. The number of imidazole rings is 1. The second-order valence-corrected chi connectivity index (χ2v) is 6.92. The maximum atomic E-state index is 11.0. The van der Waals surface area contributed by atoms with Gasteiger partial charge in [0.15, 0.2) is 0 Å². The molecule has 2 heterocycles. The lowest BCUT2D eigenvalue weighted by atomic mass is 10.2. The molecule has 130 valence electrons. The molecule has 0 aliphatic carbocycles. The van der Waals surface area contributed by atoms with Crippen LogP contribution in [0.3, 0.4) is 0 Å². The van der Waals surface area contributed by atoms with E-state index in [1.807, 2.05) is 30.3 Å². The van der Waals surface area contributed by atoms with Gasteiger partial charge in [0.25, 0.3) is 5.91 Å². The minimum Gasteiger partial charge on any atom is -0.391 e. The summed E-state index contributed by atoms with van der Waals surface area (Å²) < 4.78 is 1.68. The van der Waals surface area contributed by atoms with E-state index in [1.54, 1.807) is 22.5 Å². The third kappa shape index (κ3) is 4.80. The monoisotopic (exact) mass is 356 g/mol. The fourth-order valence-corrected chi connectivity index (χ4v) is 3.39. The van der Waals surface area contributed by atoms with Crippen molar-refractivity contribution in [2.24, 2.45) is 5.73 Å². The Hall–Kier alpha value is -2.38. The van der Waals surface area contributed by atoms with Crippen LogP contribution in [0.15, 0.2) is 53.9 Å². The van der Waals surface area contributed by atoms with Gasteiger partial charge in [0, 0.05) is 18.1 Å². The Balaban J connectivity index is 1.43. The zero-order valence-corrected chi connectivity index (χ0v) is 14.5. The third-order valence-electron chi connectivity index (χ3n) is 3.81. The van der Waals surface area contributed by atoms with Crippen molar-refractivity contribution >= 4 is 28.6 Å². The molecule has 6 nitrogen and oxygen atoms in total. The summed E-state index contributed by atoms with van der Waals surface area (Å²) in [4.78, 5) is 19.5. The number of pyridine rings is 1. The number of hydrogen-bond acceptors (Lipinski definition) is 5. The number of nitrogens with two attached hydrogens (primary N) is 1. The van der Waals surface area contributed by atoms with Crippen LogP contribution in [0.5, 0.6) is 0 Å². The number of aromatic nitrogens is 3. The Morgan fingerprint density at radius 2 is 2.12 bits per heavy atom. The van der Waals surface area contributed by atoms with Gasteiger partial charge in [-0.1, -0.05) is 24.3 Å². The summed E-state index contributed by atoms with van der Waals surface area (Å²) in [6.07, 6.45) is 4.12. The van der Waals surface area contributed by atoms with Crippen LogP contribution in [0.4, 0.5) is 0 Å². The minimum absolute atomic E-state index is 0.213. The summed E-state index contributed by atoms with van der Waals surface area (Å²) in [5, 5.41) is 12.2. The Bertz CT molecular complexity index is 865. The SMILES string of the molecule is NC(=O)c1cn(C[C@@H](O)CCCSc2ccc3ccccc3n2)cn1. The smallest absolute Gasteiger partial charge is 0.268 e. The molecule has 0 saturated heterocycles. The van der Waals surface area contributed by atoms with Crippen molar-refractivity contribution in [3.8, 4) is 0 Å². The number of aliphatic hydroxyl groups is 1. The third-order valence-corrected chi connectivity index (χ3v) is 4.83. The van der Waals surface area contributed by atoms with Gasteiger partial charge in [0.05, 0.1) is 23.0 Å². The fourth-order valence-electron chi connectivity index (χ4n) is 2.55. The number of amides is 1. The molecule has 2 aromatic heterocycles. The van der Waals surface area contributed by atoms with E-state index in [2.05, 4.69) is 16.0 Å². The van der Waals surface area contributed by atoms with Gasteiger partial charge < -0.3 is 15.4 Å². The van der Waals surface area contributed by atoms with Gasteiger partial charge in [0.2, 0.25) is 0 Å². The maximum Gasteiger partial charge on any atom is 0.268 e. The summed E-state index contributed by atoms with van der Waals surface area (Å²) in [6.45, 7) is 0.402. The largest absolute Gasteiger partial charge is 0.391 e. The highest BCUT2D eigenvalue weighted by Crippen LogP contribution is 2.21. The average Bonchev–Trinajstić information content (AvgIpc) is 3.07. The van der Waals surface area contributed by atoms with E-state index in [-0.39, 0.29) is 5.69 Å². The first kappa shape index (κ1) is 17.4. The maximum absolute atomic E-state index is 11.0. The zero-order chi connectivity index (χ0) is 17.6. The first-order chi connectivity index (χ1) is 12.1. The van der Waals surface area contributed by atoms with Gasteiger partial charge >= 0.3 is 0 Å². The van der Waals surface area contributed by atoms with Gasteiger partial charge in [-0.05, 0) is 30.7 Å². The first-order valence-electron chi connectivity index (χ1n) is 8.10. The summed E-state index contributed by atoms with van der Waals surface area (Å²) in [6, 6.07) is 12.2. The first-order valence-corrected chi connectivity index (χ1v) is 9.08. The number of primary amides is 1. The number of rotatable bonds is 8. The van der Waals surface area contributed by atoms with Crippen molar-refractivity contribution in [3.05, 3.63) is 54.6 Å². The van der Waals surface area contributed by atoms with Gasteiger partial charge in [-0.15, -0.1) is 11.8 Å². The quantitative estimate of drug-likeness (QED) is 0.478. The molecule has 0 saturated carbocycles. The molecule has 0 spiro atoms. The number of carbonyl (C=O) groups excluding carboxylic acids is 1. The van der Waals surface area contributed by atoms with Crippen molar-refractivity contribution in [1.82, 2.24) is 14.5 Å². The molecule has 0 unspecified atom stereocenters. The highest BCUT2D eigenvalue weighted by Gasteiger charge is 2.09. The van der Waals surface area contributed by atoms with Gasteiger partial charge in [0.1, 0.15) is 5.69 Å². The van der Waals surface area contributed by atoms with Crippen LogP contribution in [0.2, 0.25) is 0 Å². The lowest BCUT2D eigenvalue weighted by Gasteiger charge is -2.10. The van der Waals surface area contributed by atoms with E-state index in [4.69, 9.17) is 5.73 Å².